The molecule has 4 aromatic rings. The van der Waals surface area contributed by atoms with Crippen molar-refractivity contribution in [2.45, 2.75) is 0 Å². The molecule has 0 unspecified atom stereocenters. The minimum Gasteiger partial charge on any atom is -0.294 e. The first-order valence-electron chi connectivity index (χ1n) is 6.67. The maximum atomic E-state index is 12.0. The van der Waals surface area contributed by atoms with Crippen LogP contribution in [0.5, 0.6) is 0 Å². The molecule has 0 fully saturated rings. The van der Waals surface area contributed by atoms with Crippen LogP contribution in [0.3, 0.4) is 0 Å². The highest BCUT2D eigenvalue weighted by atomic mass is 79.9. The highest BCUT2D eigenvalue weighted by molar-refractivity contribution is 9.13. The van der Waals surface area contributed by atoms with Crippen LogP contribution >= 0.6 is 31.9 Å². The molecule has 0 amide bonds. The average Bonchev–Trinajstić information content (AvgIpc) is 2.56. The van der Waals surface area contributed by atoms with Gasteiger partial charge in [-0.1, -0.05) is 36.4 Å². The van der Waals surface area contributed by atoms with Crippen LogP contribution in [0.15, 0.2) is 51.4 Å². The SMILES string of the molecule is O=CC(=O)c1cc2cccc3c(Br)c(Br)c4cccc1c4c23. The van der Waals surface area contributed by atoms with Crippen molar-refractivity contribution in [1.82, 2.24) is 0 Å². The molecule has 0 heterocycles. The fraction of sp³-hybridized carbons (Fsp3) is 0. The summed E-state index contributed by atoms with van der Waals surface area (Å²) in [4.78, 5) is 23.0. The van der Waals surface area contributed by atoms with Crippen molar-refractivity contribution in [2.75, 3.05) is 0 Å². The second-order valence-corrected chi connectivity index (χ2v) is 6.75. The van der Waals surface area contributed by atoms with E-state index in [1.165, 1.54) is 0 Å². The molecule has 0 aliphatic heterocycles. The van der Waals surface area contributed by atoms with Gasteiger partial charge in [0.2, 0.25) is 5.78 Å². The molecule has 0 atom stereocenters. The van der Waals surface area contributed by atoms with Crippen molar-refractivity contribution in [3.8, 4) is 0 Å². The van der Waals surface area contributed by atoms with Crippen LogP contribution in [-0.2, 0) is 4.79 Å². The Labute approximate surface area is 142 Å². The lowest BCUT2D eigenvalue weighted by molar-refractivity contribution is -0.104. The average molecular weight is 416 g/mol. The summed E-state index contributed by atoms with van der Waals surface area (Å²) in [6, 6.07) is 13.6. The molecule has 0 bridgehead atoms. The first kappa shape index (κ1) is 13.9. The summed E-state index contributed by atoms with van der Waals surface area (Å²) in [5, 5.41) is 5.99. The molecule has 0 saturated carbocycles. The van der Waals surface area contributed by atoms with Crippen LogP contribution < -0.4 is 0 Å². The normalized spacial score (nSPS) is 11.5. The summed E-state index contributed by atoms with van der Waals surface area (Å²) in [5.41, 5.74) is 0.454. The van der Waals surface area contributed by atoms with Crippen molar-refractivity contribution in [3.63, 3.8) is 0 Å². The number of aldehydes is 1. The lowest BCUT2D eigenvalue weighted by atomic mass is 9.90. The molecule has 2 nitrogen and oxygen atoms in total. The van der Waals surface area contributed by atoms with Crippen molar-refractivity contribution in [1.29, 1.82) is 0 Å². The third-order valence-corrected chi connectivity index (χ3v) is 6.22. The molecule has 0 saturated heterocycles. The Morgan fingerprint density at radius 3 is 2.14 bits per heavy atom. The Kier molecular flexibility index (Phi) is 3.06. The molecule has 4 heteroatoms. The second-order valence-electron chi connectivity index (χ2n) is 5.17. The maximum Gasteiger partial charge on any atom is 0.226 e. The van der Waals surface area contributed by atoms with Gasteiger partial charge in [-0.25, -0.2) is 0 Å². The Morgan fingerprint density at radius 1 is 0.864 bits per heavy atom. The summed E-state index contributed by atoms with van der Waals surface area (Å²) >= 11 is 7.29. The molecule has 0 aliphatic rings. The third-order valence-electron chi connectivity index (χ3n) is 4.04. The van der Waals surface area contributed by atoms with E-state index >= 15 is 0 Å². The zero-order valence-electron chi connectivity index (χ0n) is 11.2. The van der Waals surface area contributed by atoms with Gasteiger partial charge in [-0.2, -0.15) is 0 Å². The molecule has 0 spiro atoms. The van der Waals surface area contributed by atoms with Crippen LogP contribution in [-0.4, -0.2) is 12.1 Å². The molecule has 4 aromatic carbocycles. The quantitative estimate of drug-likeness (QED) is 0.188. The molecule has 0 aromatic heterocycles. The summed E-state index contributed by atoms with van der Waals surface area (Å²) in [6.07, 6.45) is 0.379. The Bertz CT molecular complexity index is 1080. The molecular weight excluding hydrogens is 408 g/mol. The minimum absolute atomic E-state index is 0.379. The topological polar surface area (TPSA) is 34.1 Å². The first-order valence-corrected chi connectivity index (χ1v) is 8.26. The van der Waals surface area contributed by atoms with Gasteiger partial charge in [0.1, 0.15) is 0 Å². The Hall–Kier alpha value is -1.78. The maximum absolute atomic E-state index is 12.0. The van der Waals surface area contributed by atoms with E-state index in [1.807, 2.05) is 36.4 Å². The van der Waals surface area contributed by atoms with E-state index in [4.69, 9.17) is 0 Å². The van der Waals surface area contributed by atoms with Gasteiger partial charge in [-0.05, 0) is 70.2 Å². The highest BCUT2D eigenvalue weighted by Gasteiger charge is 2.19. The number of ketones is 1. The van der Waals surface area contributed by atoms with Crippen LogP contribution in [0, 0.1) is 0 Å². The van der Waals surface area contributed by atoms with Gasteiger partial charge in [-0.15, -0.1) is 0 Å². The Morgan fingerprint density at radius 2 is 1.45 bits per heavy atom. The fourth-order valence-corrected chi connectivity index (χ4v) is 4.21. The number of hydrogen-bond acceptors (Lipinski definition) is 2. The van der Waals surface area contributed by atoms with E-state index in [0.717, 1.165) is 41.3 Å². The van der Waals surface area contributed by atoms with E-state index in [9.17, 15) is 9.59 Å². The van der Waals surface area contributed by atoms with Crippen molar-refractivity contribution in [2.24, 2.45) is 0 Å². The molecule has 0 N–H and O–H groups in total. The molecule has 4 rings (SSSR count). The van der Waals surface area contributed by atoms with Gasteiger partial charge in [0.25, 0.3) is 0 Å². The van der Waals surface area contributed by atoms with Crippen LogP contribution in [0.4, 0.5) is 0 Å². The van der Waals surface area contributed by atoms with E-state index < -0.39 is 5.78 Å². The molecular formula is C18H8Br2O2. The number of benzene rings is 4. The van der Waals surface area contributed by atoms with Crippen molar-refractivity contribution in [3.05, 3.63) is 57.0 Å². The van der Waals surface area contributed by atoms with Crippen LogP contribution in [0.25, 0.3) is 32.3 Å². The van der Waals surface area contributed by atoms with Gasteiger partial charge >= 0.3 is 0 Å². The Balaban J connectivity index is 2.41. The standard InChI is InChI=1S/C18H8Br2O2/c19-17-11-5-1-3-9-7-13(14(22)8-21)10-4-2-6-12(18(17)20)16(10)15(9)11/h1-8H. The fourth-order valence-electron chi connectivity index (χ4n) is 3.12. The van der Waals surface area contributed by atoms with Gasteiger partial charge < -0.3 is 0 Å². The van der Waals surface area contributed by atoms with Gasteiger partial charge in [0.05, 0.1) is 0 Å². The molecule has 0 aliphatic carbocycles. The number of hydrogen-bond donors (Lipinski definition) is 0. The van der Waals surface area contributed by atoms with Gasteiger partial charge in [0, 0.05) is 14.5 Å². The van der Waals surface area contributed by atoms with Crippen molar-refractivity contribution >= 4 is 76.2 Å². The predicted octanol–water partition coefficient (Wildman–Crippen LogP) is 5.49. The molecule has 106 valence electrons. The number of halogens is 2. The number of carbonyl (C=O) groups is 2. The number of rotatable bonds is 2. The summed E-state index contributed by atoms with van der Waals surface area (Å²) in [5.74, 6) is -0.491. The monoisotopic (exact) mass is 414 g/mol. The van der Waals surface area contributed by atoms with Gasteiger partial charge in [0.15, 0.2) is 6.29 Å². The van der Waals surface area contributed by atoms with Crippen LogP contribution in [0.2, 0.25) is 0 Å². The molecule has 22 heavy (non-hydrogen) atoms. The van der Waals surface area contributed by atoms with E-state index in [2.05, 4.69) is 31.9 Å². The lowest BCUT2D eigenvalue weighted by Crippen LogP contribution is -2.02. The largest absolute Gasteiger partial charge is 0.294 e. The van der Waals surface area contributed by atoms with E-state index in [1.54, 1.807) is 6.07 Å². The highest BCUT2D eigenvalue weighted by Crippen LogP contribution is 2.44. The third kappa shape index (κ3) is 1.71. The zero-order chi connectivity index (χ0) is 15.4. The summed E-state index contributed by atoms with van der Waals surface area (Å²) in [7, 11) is 0. The van der Waals surface area contributed by atoms with Crippen LogP contribution in [0.1, 0.15) is 10.4 Å². The smallest absolute Gasteiger partial charge is 0.226 e. The van der Waals surface area contributed by atoms with Gasteiger partial charge in [-0.3, -0.25) is 9.59 Å². The lowest BCUT2D eigenvalue weighted by Gasteiger charge is -2.16. The van der Waals surface area contributed by atoms with E-state index in [-0.39, 0.29) is 0 Å². The summed E-state index contributed by atoms with van der Waals surface area (Å²) in [6.45, 7) is 0. The molecule has 0 radical (unpaired) electrons. The minimum atomic E-state index is -0.491. The van der Waals surface area contributed by atoms with E-state index in [0.29, 0.717) is 11.8 Å². The number of Topliss-reactive ketones (excluding diaryl/α,β-unsaturated/α-hetero) is 1. The van der Waals surface area contributed by atoms with Crippen molar-refractivity contribution < 1.29 is 9.59 Å². The number of carbonyl (C=O) groups excluding carboxylic acids is 2. The summed E-state index contributed by atoms with van der Waals surface area (Å²) < 4.78 is 1.95. The first-order chi connectivity index (χ1) is 10.6. The zero-order valence-corrected chi connectivity index (χ0v) is 14.4. The predicted molar refractivity (Wildman–Crippen MR) is 95.9 cm³/mol. The second kappa shape index (κ2) is 4.86.